The van der Waals surface area contributed by atoms with Gasteiger partial charge in [-0.15, -0.1) is 10.2 Å². The zero-order valence-corrected chi connectivity index (χ0v) is 31.4. The first kappa shape index (κ1) is 40.0. The van der Waals surface area contributed by atoms with Crippen LogP contribution in [0.3, 0.4) is 0 Å². The molecule has 3 aromatic rings. The van der Waals surface area contributed by atoms with Crippen LogP contribution in [0.4, 0.5) is 17.1 Å². The molecule has 0 fully saturated rings. The van der Waals surface area contributed by atoms with E-state index in [4.69, 9.17) is 18.6 Å². The van der Waals surface area contributed by atoms with Crippen LogP contribution in [-0.2, 0) is 0 Å². The lowest BCUT2D eigenvalue weighted by Crippen LogP contribution is -2.68. The van der Waals surface area contributed by atoms with Gasteiger partial charge in [-0.25, -0.2) is 23.2 Å². The largest absolute Gasteiger partial charge is 0.378 e. The smallest absolute Gasteiger partial charge is 0.199 e. The Morgan fingerprint density at radius 3 is 1.34 bits per heavy atom. The quantitative estimate of drug-likeness (QED) is 0.208. The molecule has 0 radical (unpaired) electrons. The minimum atomic E-state index is -4.94. The lowest BCUT2D eigenvalue weighted by molar-refractivity contribution is -2.00. The maximum absolute atomic E-state index is 8.49. The van der Waals surface area contributed by atoms with Gasteiger partial charge in [-0.2, -0.15) is 0 Å². The Bertz CT molecular complexity index is 1680. The molecule has 1 aliphatic carbocycles. The number of anilines is 3. The molecule has 1 aliphatic rings. The molecule has 3 aromatic carbocycles. The number of benzene rings is 3. The lowest BCUT2D eigenvalue weighted by atomic mass is 9.94. The summed E-state index contributed by atoms with van der Waals surface area (Å²) in [4.78, 5) is 6.90. The van der Waals surface area contributed by atoms with E-state index in [1.165, 1.54) is 56.2 Å². The highest BCUT2D eigenvalue weighted by atomic mass is 35.7. The van der Waals surface area contributed by atoms with Gasteiger partial charge in [0.05, 0.1) is 0 Å². The van der Waals surface area contributed by atoms with Crippen molar-refractivity contribution in [3.63, 3.8) is 0 Å². The van der Waals surface area contributed by atoms with E-state index < -0.39 is 10.2 Å². The summed E-state index contributed by atoms with van der Waals surface area (Å²) in [6.45, 7) is 12.8. The van der Waals surface area contributed by atoms with Gasteiger partial charge in [-0.1, -0.05) is 54.6 Å². The molecule has 0 aromatic heterocycles. The third-order valence-electron chi connectivity index (χ3n) is 8.53. The number of nitrogens with zero attached hydrogens (tertiary/aromatic N) is 4. The number of hydrogen-bond acceptors (Lipinski definition) is 7. The van der Waals surface area contributed by atoms with Crippen LogP contribution < -0.4 is 33.3 Å². The predicted octanol–water partition coefficient (Wildman–Crippen LogP) is 3.97. The molecule has 0 saturated heterocycles. The molecular formula is C41H51ClN4O4. The van der Waals surface area contributed by atoms with Gasteiger partial charge in [0.2, 0.25) is 0 Å². The minimum Gasteiger partial charge on any atom is -0.378 e. The molecule has 8 nitrogen and oxygen atoms in total. The van der Waals surface area contributed by atoms with Crippen molar-refractivity contribution in [2.75, 3.05) is 69.1 Å². The first-order valence-electron chi connectivity index (χ1n) is 16.9. The Morgan fingerprint density at radius 2 is 0.980 bits per heavy atom. The van der Waals surface area contributed by atoms with Crippen LogP contribution in [0, 0.1) is 10.2 Å². The van der Waals surface area contributed by atoms with Crippen LogP contribution in [0.1, 0.15) is 44.4 Å². The molecule has 266 valence electrons. The van der Waals surface area contributed by atoms with Gasteiger partial charge in [0, 0.05) is 69.5 Å². The number of hydrogen-bond donors (Lipinski definition) is 0. The van der Waals surface area contributed by atoms with E-state index in [1.54, 1.807) is 0 Å². The van der Waals surface area contributed by atoms with E-state index in [0.717, 1.165) is 26.2 Å². The fourth-order valence-electron chi connectivity index (χ4n) is 5.72. The maximum atomic E-state index is 8.49. The zero-order valence-electron chi connectivity index (χ0n) is 30.6. The van der Waals surface area contributed by atoms with Crippen molar-refractivity contribution in [2.24, 2.45) is 0 Å². The fourth-order valence-corrected chi connectivity index (χ4v) is 5.72. The highest BCUT2D eigenvalue weighted by molar-refractivity contribution is 6.03. The van der Waals surface area contributed by atoms with Gasteiger partial charge in [0.15, 0.2) is 5.71 Å². The Kier molecular flexibility index (Phi) is 15.3. The molecule has 0 heterocycles. The van der Waals surface area contributed by atoms with Gasteiger partial charge >= 0.3 is 0 Å². The predicted molar refractivity (Wildman–Crippen MR) is 199 cm³/mol. The van der Waals surface area contributed by atoms with Crippen LogP contribution in [0.2, 0.25) is 0 Å². The van der Waals surface area contributed by atoms with E-state index in [2.05, 4.69) is 190 Å². The van der Waals surface area contributed by atoms with Crippen molar-refractivity contribution >= 4 is 33.9 Å². The lowest BCUT2D eigenvalue weighted by Gasteiger charge is -2.21. The highest BCUT2D eigenvalue weighted by Crippen LogP contribution is 2.30. The average molecular weight is 699 g/mol. The van der Waals surface area contributed by atoms with Crippen LogP contribution in [-0.4, -0.2) is 64.7 Å². The van der Waals surface area contributed by atoms with Crippen LogP contribution in [0.5, 0.6) is 0 Å². The summed E-state index contributed by atoms with van der Waals surface area (Å²) >= 11 is 0. The molecule has 0 atom stereocenters. The molecule has 0 bridgehead atoms. The SMILES string of the molecule is CCN(CC)c1ccc(C(/C=C/C=C(\c2ccc(N(C)C)cc2)c2ccc(N(CC)CC)cc2)=C2C=CC(=[N+](C)C)C=C2)cc1.[O-][Cl+3]([O-])([O-])[O-]. The van der Waals surface area contributed by atoms with Crippen molar-refractivity contribution in [3.8, 4) is 0 Å². The van der Waals surface area contributed by atoms with Gasteiger partial charge in [0.25, 0.3) is 0 Å². The molecule has 0 amide bonds. The molecule has 50 heavy (non-hydrogen) atoms. The second-order valence-corrected chi connectivity index (χ2v) is 12.8. The molecule has 0 N–H and O–H groups in total. The zero-order chi connectivity index (χ0) is 36.8. The first-order chi connectivity index (χ1) is 23.8. The van der Waals surface area contributed by atoms with Crippen LogP contribution >= 0.6 is 0 Å². The second kappa shape index (κ2) is 19.1. The minimum absolute atomic E-state index is 0.997. The van der Waals surface area contributed by atoms with E-state index >= 15 is 0 Å². The fraction of sp³-hybridized carbons (Fsp3) is 0.293. The van der Waals surface area contributed by atoms with E-state index in [0.29, 0.717) is 0 Å². The maximum Gasteiger partial charge on any atom is 0.199 e. The van der Waals surface area contributed by atoms with Crippen molar-refractivity contribution in [1.82, 2.24) is 0 Å². The Morgan fingerprint density at radius 1 is 0.600 bits per heavy atom. The third-order valence-corrected chi connectivity index (χ3v) is 8.53. The number of rotatable bonds is 12. The van der Waals surface area contributed by atoms with Crippen LogP contribution in [0.15, 0.2) is 121 Å². The summed E-state index contributed by atoms with van der Waals surface area (Å²) in [5, 5.41) is 0. The Hall–Kier alpha value is -4.44. The van der Waals surface area contributed by atoms with E-state index in [9.17, 15) is 0 Å². The van der Waals surface area contributed by atoms with Gasteiger partial charge in [-0.3, -0.25) is 0 Å². The van der Waals surface area contributed by atoms with Crippen molar-refractivity contribution in [3.05, 3.63) is 138 Å². The summed E-state index contributed by atoms with van der Waals surface area (Å²) < 4.78 is 36.1. The summed E-state index contributed by atoms with van der Waals surface area (Å²) in [6, 6.07) is 26.8. The number of allylic oxidation sites excluding steroid dienone is 9. The van der Waals surface area contributed by atoms with E-state index in [-0.39, 0.29) is 0 Å². The molecule has 0 saturated carbocycles. The van der Waals surface area contributed by atoms with Gasteiger partial charge in [0.1, 0.15) is 14.1 Å². The summed E-state index contributed by atoms with van der Waals surface area (Å²) in [5.41, 5.74) is 12.1. The summed E-state index contributed by atoms with van der Waals surface area (Å²) in [6.07, 6.45) is 15.6. The Labute approximate surface area is 301 Å². The molecule has 0 unspecified atom stereocenters. The number of halogens is 1. The molecular weight excluding hydrogens is 648 g/mol. The van der Waals surface area contributed by atoms with Gasteiger partial charge < -0.3 is 14.7 Å². The second-order valence-electron chi connectivity index (χ2n) is 12.1. The molecule has 9 heteroatoms. The van der Waals surface area contributed by atoms with Crippen molar-refractivity contribution < 1.29 is 33.5 Å². The summed E-state index contributed by atoms with van der Waals surface area (Å²) in [7, 11) is 3.38. The molecule has 0 spiro atoms. The average Bonchev–Trinajstić information content (AvgIpc) is 3.10. The van der Waals surface area contributed by atoms with Gasteiger partial charge in [-0.05, 0) is 110 Å². The van der Waals surface area contributed by atoms with Crippen LogP contribution in [0.25, 0.3) is 11.1 Å². The van der Waals surface area contributed by atoms with E-state index in [1.807, 2.05) is 0 Å². The molecule has 4 rings (SSSR count). The monoisotopic (exact) mass is 698 g/mol. The Balaban J connectivity index is 0.00000126. The normalized spacial score (nSPS) is 12.9. The topological polar surface area (TPSA) is 105 Å². The third kappa shape index (κ3) is 11.9. The van der Waals surface area contributed by atoms with Crippen molar-refractivity contribution in [2.45, 2.75) is 27.7 Å². The summed E-state index contributed by atoms with van der Waals surface area (Å²) in [5.74, 6) is 0. The van der Waals surface area contributed by atoms with Crippen molar-refractivity contribution in [1.29, 1.82) is 0 Å². The highest BCUT2D eigenvalue weighted by Gasteiger charge is 2.12. The standard InChI is InChI=1S/C41H51N4.ClHO4/c1-9-44(10-2)38-28-20-34(21-29-38)40(32-16-24-36(25-17-32)42(5)6)14-13-15-41(33-18-26-37(27-19-33)43(7)8)35-22-30-39(31-23-35)45(11-3)12-4;2-1(3,4)5/h13-31H,9-12H2,1-8H3;(H,2,3,4,5)/q+1;/p-1. The molecule has 0 aliphatic heterocycles. The first-order valence-corrected chi connectivity index (χ1v) is 18.2.